The van der Waals surface area contributed by atoms with Crippen molar-refractivity contribution < 1.29 is 0 Å². The molecular weight excluding hydrogens is 186 g/mol. The third-order valence-electron chi connectivity index (χ3n) is 1.56. The predicted octanol–water partition coefficient (Wildman–Crippen LogP) is 0.798. The van der Waals surface area contributed by atoms with Gasteiger partial charge >= 0.3 is 0 Å². The van der Waals surface area contributed by atoms with E-state index in [-0.39, 0.29) is 0 Å². The average Bonchev–Trinajstić information content (AvgIpc) is 2.49. The number of nitrogen functional groups attached to an aromatic ring is 1. The minimum absolute atomic E-state index is 0.347. The van der Waals surface area contributed by atoms with Crippen LogP contribution >= 0.6 is 11.8 Å². The fourth-order valence-electron chi connectivity index (χ4n) is 0.962. The lowest BCUT2D eigenvalue weighted by Gasteiger charge is -2.08. The third-order valence-corrected chi connectivity index (χ3v) is 2.46. The van der Waals surface area contributed by atoms with Gasteiger partial charge < -0.3 is 11.1 Å². The average molecular weight is 201 g/mol. The third kappa shape index (κ3) is 3.54. The fourth-order valence-corrected chi connectivity index (χ4v) is 1.65. The summed E-state index contributed by atoms with van der Waals surface area (Å²) in [6.07, 6.45) is 2.10. The van der Waals surface area contributed by atoms with E-state index in [1.54, 1.807) is 0 Å². The smallest absolute Gasteiger partial charge is 0.243 e. The molecule has 0 aliphatic carbocycles. The van der Waals surface area contributed by atoms with E-state index in [0.29, 0.717) is 17.8 Å². The monoisotopic (exact) mass is 201 g/mol. The minimum Gasteiger partial charge on any atom is -0.368 e. The molecule has 0 amide bonds. The molecular formula is C7H15N5S. The van der Waals surface area contributed by atoms with Gasteiger partial charge in [-0.2, -0.15) is 16.7 Å². The lowest BCUT2D eigenvalue weighted by molar-refractivity contribution is 0.697. The molecule has 74 valence electrons. The van der Waals surface area contributed by atoms with Crippen molar-refractivity contribution in [1.82, 2.24) is 15.2 Å². The second-order valence-electron chi connectivity index (χ2n) is 2.99. The van der Waals surface area contributed by atoms with E-state index in [2.05, 4.69) is 33.7 Å². The van der Waals surface area contributed by atoms with Crippen molar-refractivity contribution in [2.75, 3.05) is 29.6 Å². The van der Waals surface area contributed by atoms with Gasteiger partial charge in [-0.3, -0.25) is 0 Å². The molecule has 1 heterocycles. The van der Waals surface area contributed by atoms with Crippen LogP contribution in [-0.2, 0) is 0 Å². The van der Waals surface area contributed by atoms with E-state index in [1.165, 1.54) is 0 Å². The zero-order valence-electron chi connectivity index (χ0n) is 7.87. The summed E-state index contributed by atoms with van der Waals surface area (Å²) in [5, 5.41) is 9.55. The molecule has 5 nitrogen and oxygen atoms in total. The molecule has 0 spiro atoms. The van der Waals surface area contributed by atoms with E-state index in [1.807, 2.05) is 11.8 Å². The van der Waals surface area contributed by atoms with E-state index >= 15 is 0 Å². The fraction of sp³-hybridized carbons (Fsp3) is 0.714. The molecule has 0 saturated carbocycles. The summed E-state index contributed by atoms with van der Waals surface area (Å²) in [5.41, 5.74) is 5.37. The van der Waals surface area contributed by atoms with Gasteiger partial charge in [-0.15, -0.1) is 5.10 Å². The second-order valence-corrected chi connectivity index (χ2v) is 3.90. The summed E-state index contributed by atoms with van der Waals surface area (Å²) in [6.45, 7) is 3.05. The Morgan fingerprint density at radius 3 is 3.00 bits per heavy atom. The van der Waals surface area contributed by atoms with Crippen molar-refractivity contribution in [3.8, 4) is 0 Å². The number of nitrogens with one attached hydrogen (secondary N) is 2. The van der Waals surface area contributed by atoms with Gasteiger partial charge in [-0.05, 0) is 17.9 Å². The van der Waals surface area contributed by atoms with Crippen molar-refractivity contribution in [3.05, 3.63) is 0 Å². The zero-order valence-corrected chi connectivity index (χ0v) is 8.69. The summed E-state index contributed by atoms with van der Waals surface area (Å²) >= 11 is 1.84. The van der Waals surface area contributed by atoms with Gasteiger partial charge in [-0.1, -0.05) is 6.92 Å². The van der Waals surface area contributed by atoms with Crippen LogP contribution in [-0.4, -0.2) is 33.7 Å². The molecule has 1 aromatic heterocycles. The van der Waals surface area contributed by atoms with Crippen LogP contribution < -0.4 is 11.1 Å². The Morgan fingerprint density at radius 1 is 1.69 bits per heavy atom. The molecule has 1 aromatic rings. The highest BCUT2D eigenvalue weighted by molar-refractivity contribution is 7.98. The number of anilines is 2. The first kappa shape index (κ1) is 10.2. The Bertz CT molecular complexity index is 249. The molecule has 0 saturated heterocycles. The maximum Gasteiger partial charge on any atom is 0.243 e. The van der Waals surface area contributed by atoms with Gasteiger partial charge in [0.05, 0.1) is 0 Å². The molecule has 1 atom stereocenters. The molecule has 1 unspecified atom stereocenters. The normalized spacial score (nSPS) is 12.8. The van der Waals surface area contributed by atoms with E-state index in [0.717, 1.165) is 12.3 Å². The molecule has 0 fully saturated rings. The Kier molecular flexibility index (Phi) is 3.88. The largest absolute Gasteiger partial charge is 0.368 e. The molecule has 0 radical (unpaired) electrons. The first-order chi connectivity index (χ1) is 6.22. The number of nitrogens with zero attached hydrogens (tertiary/aromatic N) is 2. The van der Waals surface area contributed by atoms with Gasteiger partial charge in [0.25, 0.3) is 0 Å². The van der Waals surface area contributed by atoms with Crippen LogP contribution in [0.1, 0.15) is 6.92 Å². The quantitative estimate of drug-likeness (QED) is 0.656. The summed E-state index contributed by atoms with van der Waals surface area (Å²) in [4.78, 5) is 3.94. The van der Waals surface area contributed by atoms with E-state index < -0.39 is 0 Å². The Labute approximate surface area is 81.9 Å². The summed E-state index contributed by atoms with van der Waals surface area (Å²) in [7, 11) is 0. The number of aromatic amines is 1. The molecule has 6 heteroatoms. The number of H-pyrrole nitrogens is 1. The van der Waals surface area contributed by atoms with E-state index in [4.69, 9.17) is 5.73 Å². The number of hydrogen-bond donors (Lipinski definition) is 3. The Balaban J connectivity index is 2.26. The van der Waals surface area contributed by atoms with Gasteiger partial charge in [0.1, 0.15) is 0 Å². The van der Waals surface area contributed by atoms with Crippen molar-refractivity contribution >= 4 is 23.7 Å². The zero-order chi connectivity index (χ0) is 9.68. The summed E-state index contributed by atoms with van der Waals surface area (Å²) in [5.74, 6) is 2.66. The highest BCUT2D eigenvalue weighted by Crippen LogP contribution is 2.06. The number of aromatic nitrogens is 3. The predicted molar refractivity (Wildman–Crippen MR) is 56.8 cm³/mol. The van der Waals surface area contributed by atoms with Crippen molar-refractivity contribution in [2.24, 2.45) is 5.92 Å². The number of thioether (sulfide) groups is 1. The second kappa shape index (κ2) is 4.96. The maximum atomic E-state index is 5.37. The van der Waals surface area contributed by atoms with Gasteiger partial charge in [0.2, 0.25) is 11.9 Å². The lowest BCUT2D eigenvalue weighted by atomic mass is 10.2. The minimum atomic E-state index is 0.347. The Hall–Kier alpha value is -0.910. The lowest BCUT2D eigenvalue weighted by Crippen LogP contribution is -2.14. The molecule has 0 aliphatic rings. The van der Waals surface area contributed by atoms with Crippen LogP contribution in [0.2, 0.25) is 0 Å². The summed E-state index contributed by atoms with van der Waals surface area (Å²) in [6, 6.07) is 0. The van der Waals surface area contributed by atoms with Gasteiger partial charge in [0.15, 0.2) is 0 Å². The molecule has 0 bridgehead atoms. The first-order valence-electron chi connectivity index (χ1n) is 4.13. The van der Waals surface area contributed by atoms with Crippen molar-refractivity contribution in [1.29, 1.82) is 0 Å². The Morgan fingerprint density at radius 2 is 2.46 bits per heavy atom. The van der Waals surface area contributed by atoms with Gasteiger partial charge in [0, 0.05) is 6.54 Å². The number of rotatable bonds is 5. The van der Waals surface area contributed by atoms with Crippen LogP contribution in [0.15, 0.2) is 0 Å². The first-order valence-corrected chi connectivity index (χ1v) is 5.52. The summed E-state index contributed by atoms with van der Waals surface area (Å²) < 4.78 is 0. The van der Waals surface area contributed by atoms with Crippen LogP contribution in [0.4, 0.5) is 11.9 Å². The molecule has 0 aromatic carbocycles. The highest BCUT2D eigenvalue weighted by Gasteiger charge is 2.03. The maximum absolute atomic E-state index is 5.37. The molecule has 1 rings (SSSR count). The van der Waals surface area contributed by atoms with Crippen LogP contribution in [0.3, 0.4) is 0 Å². The standard InChI is InChI=1S/C7H15N5S/c1-5(4-13-2)3-9-7-10-6(8)11-12-7/h5H,3-4H2,1-2H3,(H4,8,9,10,11,12). The van der Waals surface area contributed by atoms with E-state index in [9.17, 15) is 0 Å². The molecule has 4 N–H and O–H groups in total. The topological polar surface area (TPSA) is 79.6 Å². The SMILES string of the molecule is CSCC(C)CNc1n[nH]c(N)n1. The molecule has 13 heavy (non-hydrogen) atoms. The highest BCUT2D eigenvalue weighted by atomic mass is 32.2. The van der Waals surface area contributed by atoms with Crippen LogP contribution in [0, 0.1) is 5.92 Å². The number of nitrogens with two attached hydrogens (primary N) is 1. The van der Waals surface area contributed by atoms with Crippen molar-refractivity contribution in [2.45, 2.75) is 6.92 Å². The van der Waals surface area contributed by atoms with Crippen LogP contribution in [0.5, 0.6) is 0 Å². The van der Waals surface area contributed by atoms with Crippen LogP contribution in [0.25, 0.3) is 0 Å². The van der Waals surface area contributed by atoms with Crippen molar-refractivity contribution in [3.63, 3.8) is 0 Å². The number of hydrogen-bond acceptors (Lipinski definition) is 5. The molecule has 0 aliphatic heterocycles. The van der Waals surface area contributed by atoms with Gasteiger partial charge in [-0.25, -0.2) is 5.10 Å².